The van der Waals surface area contributed by atoms with Gasteiger partial charge in [-0.2, -0.15) is 0 Å². The van der Waals surface area contributed by atoms with Gasteiger partial charge in [-0.1, -0.05) is 20.3 Å². The second-order valence-corrected chi connectivity index (χ2v) is 6.52. The van der Waals surface area contributed by atoms with Crippen molar-refractivity contribution in [3.63, 3.8) is 0 Å². The maximum absolute atomic E-state index is 5.91. The molecule has 16 heavy (non-hydrogen) atoms. The molecule has 0 radical (unpaired) electrons. The first-order valence-electron chi connectivity index (χ1n) is 7.08. The van der Waals surface area contributed by atoms with Gasteiger partial charge in [0.15, 0.2) is 0 Å². The fraction of sp³-hybridized carbons (Fsp3) is 1.00. The third-order valence-electron chi connectivity index (χ3n) is 4.72. The Labute approximate surface area is 101 Å². The Morgan fingerprint density at radius 1 is 1.12 bits per heavy atom. The number of rotatable bonds is 2. The summed E-state index contributed by atoms with van der Waals surface area (Å²) >= 11 is 0. The van der Waals surface area contributed by atoms with Gasteiger partial charge >= 0.3 is 0 Å². The van der Waals surface area contributed by atoms with Crippen molar-refractivity contribution in [2.24, 2.45) is 11.1 Å². The van der Waals surface area contributed by atoms with Gasteiger partial charge in [0, 0.05) is 18.6 Å². The van der Waals surface area contributed by atoms with Crippen LogP contribution < -0.4 is 5.73 Å². The van der Waals surface area contributed by atoms with E-state index < -0.39 is 0 Å². The summed E-state index contributed by atoms with van der Waals surface area (Å²) in [6, 6.07) is 1.52. The molecule has 0 aromatic heterocycles. The molecule has 2 rings (SSSR count). The smallest absolute Gasteiger partial charge is 0.0221 e. The fourth-order valence-electron chi connectivity index (χ4n) is 3.47. The maximum Gasteiger partial charge on any atom is 0.0221 e. The minimum Gasteiger partial charge on any atom is -0.329 e. The fourth-order valence-corrected chi connectivity index (χ4v) is 3.47. The average molecular weight is 224 g/mol. The molecule has 1 atom stereocenters. The number of hydrogen-bond donors (Lipinski definition) is 1. The van der Waals surface area contributed by atoms with Gasteiger partial charge in [-0.15, -0.1) is 0 Å². The maximum atomic E-state index is 5.91. The lowest BCUT2D eigenvalue weighted by Gasteiger charge is -2.45. The van der Waals surface area contributed by atoms with Gasteiger partial charge in [0.1, 0.15) is 0 Å². The standard InChI is InChI=1S/C14H28N2/c1-14(2)8-6-12(7-9-14)16-10-4-3-5-13(16)11-15/h12-13H,3-11,15H2,1-2H3. The molecule has 0 aromatic rings. The van der Waals surface area contributed by atoms with Gasteiger partial charge in [-0.25, -0.2) is 0 Å². The van der Waals surface area contributed by atoms with E-state index in [1.165, 1.54) is 51.5 Å². The Hall–Kier alpha value is -0.0800. The van der Waals surface area contributed by atoms with Crippen molar-refractivity contribution in [3.8, 4) is 0 Å². The van der Waals surface area contributed by atoms with E-state index in [1.807, 2.05) is 0 Å². The second-order valence-electron chi connectivity index (χ2n) is 6.52. The van der Waals surface area contributed by atoms with E-state index in [9.17, 15) is 0 Å². The summed E-state index contributed by atoms with van der Waals surface area (Å²) < 4.78 is 0. The zero-order chi connectivity index (χ0) is 11.6. The van der Waals surface area contributed by atoms with E-state index >= 15 is 0 Å². The largest absolute Gasteiger partial charge is 0.329 e. The van der Waals surface area contributed by atoms with E-state index in [0.717, 1.165) is 12.6 Å². The summed E-state index contributed by atoms with van der Waals surface area (Å²) in [5.74, 6) is 0. The van der Waals surface area contributed by atoms with Crippen LogP contribution in [-0.2, 0) is 0 Å². The van der Waals surface area contributed by atoms with E-state index in [-0.39, 0.29) is 0 Å². The Morgan fingerprint density at radius 2 is 1.81 bits per heavy atom. The summed E-state index contributed by atoms with van der Waals surface area (Å²) in [6.45, 7) is 6.99. The van der Waals surface area contributed by atoms with Crippen LogP contribution in [0.5, 0.6) is 0 Å². The summed E-state index contributed by atoms with van der Waals surface area (Å²) in [5, 5.41) is 0. The lowest BCUT2D eigenvalue weighted by atomic mass is 9.74. The van der Waals surface area contributed by atoms with Crippen molar-refractivity contribution >= 4 is 0 Å². The molecule has 0 bridgehead atoms. The van der Waals surface area contributed by atoms with Crippen molar-refractivity contribution < 1.29 is 0 Å². The van der Waals surface area contributed by atoms with Crippen LogP contribution in [0.15, 0.2) is 0 Å². The number of nitrogens with two attached hydrogens (primary N) is 1. The molecule has 2 fully saturated rings. The van der Waals surface area contributed by atoms with E-state index in [2.05, 4.69) is 18.7 Å². The van der Waals surface area contributed by atoms with E-state index in [1.54, 1.807) is 0 Å². The molecule has 0 aromatic carbocycles. The molecule has 2 aliphatic rings. The first kappa shape index (κ1) is 12.4. The second kappa shape index (κ2) is 5.05. The predicted octanol–water partition coefficient (Wildman–Crippen LogP) is 2.77. The Morgan fingerprint density at radius 3 is 2.44 bits per heavy atom. The summed E-state index contributed by atoms with van der Waals surface area (Å²) in [5.41, 5.74) is 6.50. The highest BCUT2D eigenvalue weighted by molar-refractivity contribution is 4.88. The monoisotopic (exact) mass is 224 g/mol. The molecule has 2 heteroatoms. The predicted molar refractivity (Wildman–Crippen MR) is 69.4 cm³/mol. The van der Waals surface area contributed by atoms with Crippen molar-refractivity contribution in [1.29, 1.82) is 0 Å². The SMILES string of the molecule is CC1(C)CCC(N2CCCCC2CN)CC1. The lowest BCUT2D eigenvalue weighted by molar-refractivity contribution is 0.0514. The minimum absolute atomic E-state index is 0.588. The molecule has 1 saturated heterocycles. The van der Waals surface area contributed by atoms with Crippen molar-refractivity contribution in [2.45, 2.75) is 70.9 Å². The summed E-state index contributed by atoms with van der Waals surface area (Å²) in [6.07, 6.45) is 9.67. The average Bonchev–Trinajstić information content (AvgIpc) is 2.29. The summed E-state index contributed by atoms with van der Waals surface area (Å²) in [4.78, 5) is 2.73. The van der Waals surface area contributed by atoms with E-state index in [0.29, 0.717) is 11.5 Å². The van der Waals surface area contributed by atoms with Crippen LogP contribution in [0.3, 0.4) is 0 Å². The molecule has 1 saturated carbocycles. The molecule has 1 unspecified atom stereocenters. The molecule has 94 valence electrons. The van der Waals surface area contributed by atoms with Crippen LogP contribution in [-0.4, -0.2) is 30.1 Å². The third-order valence-corrected chi connectivity index (χ3v) is 4.72. The quantitative estimate of drug-likeness (QED) is 0.781. The van der Waals surface area contributed by atoms with Crippen LogP contribution in [0.25, 0.3) is 0 Å². The van der Waals surface area contributed by atoms with Gasteiger partial charge < -0.3 is 5.73 Å². The first-order chi connectivity index (χ1) is 7.62. The molecule has 2 nitrogen and oxygen atoms in total. The van der Waals surface area contributed by atoms with Crippen LogP contribution in [0.1, 0.15) is 58.8 Å². The van der Waals surface area contributed by atoms with Gasteiger partial charge in [-0.3, -0.25) is 4.90 Å². The normalized spacial score (nSPS) is 32.8. The Balaban J connectivity index is 1.91. The molecule has 1 aliphatic carbocycles. The summed E-state index contributed by atoms with van der Waals surface area (Å²) in [7, 11) is 0. The number of hydrogen-bond acceptors (Lipinski definition) is 2. The van der Waals surface area contributed by atoms with Crippen LogP contribution >= 0.6 is 0 Å². The highest BCUT2D eigenvalue weighted by Gasteiger charge is 2.33. The van der Waals surface area contributed by atoms with Crippen LogP contribution in [0, 0.1) is 5.41 Å². The topological polar surface area (TPSA) is 29.3 Å². The van der Waals surface area contributed by atoms with Gasteiger partial charge in [-0.05, 0) is 50.5 Å². The van der Waals surface area contributed by atoms with Crippen molar-refractivity contribution in [1.82, 2.24) is 4.90 Å². The minimum atomic E-state index is 0.588. The van der Waals surface area contributed by atoms with Crippen LogP contribution in [0.2, 0.25) is 0 Å². The van der Waals surface area contributed by atoms with E-state index in [4.69, 9.17) is 5.73 Å². The molecule has 2 N–H and O–H groups in total. The zero-order valence-corrected chi connectivity index (χ0v) is 11.0. The van der Waals surface area contributed by atoms with Gasteiger partial charge in [0.05, 0.1) is 0 Å². The van der Waals surface area contributed by atoms with Crippen molar-refractivity contribution in [3.05, 3.63) is 0 Å². The highest BCUT2D eigenvalue weighted by atomic mass is 15.2. The molecule has 1 aliphatic heterocycles. The van der Waals surface area contributed by atoms with Gasteiger partial charge in [0.2, 0.25) is 0 Å². The molecule has 1 heterocycles. The Kier molecular flexibility index (Phi) is 3.91. The molecule has 0 amide bonds. The van der Waals surface area contributed by atoms with Crippen LogP contribution in [0.4, 0.5) is 0 Å². The number of nitrogens with zero attached hydrogens (tertiary/aromatic N) is 1. The number of likely N-dealkylation sites (tertiary alicyclic amines) is 1. The Bertz CT molecular complexity index is 215. The molecule has 0 spiro atoms. The number of piperidine rings is 1. The van der Waals surface area contributed by atoms with Crippen molar-refractivity contribution in [2.75, 3.05) is 13.1 Å². The zero-order valence-electron chi connectivity index (χ0n) is 11.0. The molecular weight excluding hydrogens is 196 g/mol. The lowest BCUT2D eigenvalue weighted by Crippen LogP contribution is -2.51. The molecular formula is C14H28N2. The highest BCUT2D eigenvalue weighted by Crippen LogP contribution is 2.38. The first-order valence-corrected chi connectivity index (χ1v) is 7.08. The third kappa shape index (κ3) is 2.78. The van der Waals surface area contributed by atoms with Gasteiger partial charge in [0.25, 0.3) is 0 Å².